The summed E-state index contributed by atoms with van der Waals surface area (Å²) in [6.45, 7) is 2.73. The van der Waals surface area contributed by atoms with Crippen molar-refractivity contribution >= 4 is 29.3 Å². The van der Waals surface area contributed by atoms with Crippen molar-refractivity contribution in [1.29, 1.82) is 5.26 Å². The van der Waals surface area contributed by atoms with Crippen LogP contribution in [-0.4, -0.2) is 32.6 Å². The maximum atomic E-state index is 12.9. The molecule has 3 rings (SSSR count). The number of hydrogen-bond donors (Lipinski definition) is 2. The highest BCUT2D eigenvalue weighted by Crippen LogP contribution is 2.37. The predicted molar refractivity (Wildman–Crippen MR) is 143 cm³/mol. The van der Waals surface area contributed by atoms with Crippen molar-refractivity contribution in [2.45, 2.75) is 19.8 Å². The van der Waals surface area contributed by atoms with Crippen molar-refractivity contribution in [1.82, 2.24) is 0 Å². The lowest BCUT2D eigenvalue weighted by molar-refractivity contribution is -0.112. The van der Waals surface area contributed by atoms with Gasteiger partial charge in [0.05, 0.1) is 32.2 Å². The number of benzene rings is 3. The van der Waals surface area contributed by atoms with Crippen LogP contribution in [0.4, 0.5) is 11.4 Å². The number of rotatable bonds is 11. The van der Waals surface area contributed by atoms with E-state index >= 15 is 0 Å². The second-order valence-electron chi connectivity index (χ2n) is 7.97. The molecule has 0 aromatic heterocycles. The number of carbonyl (C=O) groups is 2. The monoisotopic (exact) mass is 499 g/mol. The fourth-order valence-corrected chi connectivity index (χ4v) is 3.38. The predicted octanol–water partition coefficient (Wildman–Crippen LogP) is 5.68. The highest BCUT2D eigenvalue weighted by Gasteiger charge is 2.18. The van der Waals surface area contributed by atoms with Gasteiger partial charge in [-0.1, -0.05) is 43.7 Å². The molecule has 0 spiro atoms. The van der Waals surface area contributed by atoms with Crippen LogP contribution in [0.25, 0.3) is 6.08 Å². The normalized spacial score (nSPS) is 10.7. The van der Waals surface area contributed by atoms with E-state index in [0.717, 1.165) is 18.6 Å². The summed E-state index contributed by atoms with van der Waals surface area (Å²) in [5.74, 6) is 0.371. The molecule has 2 N–H and O–H groups in total. The van der Waals surface area contributed by atoms with Gasteiger partial charge in [0, 0.05) is 17.7 Å². The number of nitrogens with zero attached hydrogens (tertiary/aromatic N) is 1. The van der Waals surface area contributed by atoms with Crippen LogP contribution >= 0.6 is 0 Å². The van der Waals surface area contributed by atoms with E-state index < -0.39 is 5.91 Å². The van der Waals surface area contributed by atoms with Crippen molar-refractivity contribution in [3.05, 3.63) is 83.4 Å². The number of anilines is 2. The molecule has 0 fully saturated rings. The van der Waals surface area contributed by atoms with E-state index in [1.165, 1.54) is 26.4 Å². The van der Waals surface area contributed by atoms with Crippen LogP contribution < -0.4 is 24.8 Å². The van der Waals surface area contributed by atoms with E-state index in [2.05, 4.69) is 17.6 Å². The lowest BCUT2D eigenvalue weighted by Crippen LogP contribution is -2.16. The van der Waals surface area contributed by atoms with Gasteiger partial charge in [-0.2, -0.15) is 5.26 Å². The third-order valence-corrected chi connectivity index (χ3v) is 5.38. The van der Waals surface area contributed by atoms with Crippen molar-refractivity contribution in [2.24, 2.45) is 0 Å². The van der Waals surface area contributed by atoms with Crippen molar-refractivity contribution in [3.8, 4) is 23.3 Å². The Labute approximate surface area is 216 Å². The summed E-state index contributed by atoms with van der Waals surface area (Å²) < 4.78 is 16.5. The van der Waals surface area contributed by atoms with Gasteiger partial charge in [0.15, 0.2) is 0 Å². The number of amides is 2. The standard InChI is InChI=1S/C29H29N3O5/c1-4-5-15-37-23-13-11-20(12-14-23)16-22(19-30)29(34)32-25-18-26(35-2)24(17-27(25)36-3)31-28(33)21-9-7-6-8-10-21/h6-14,16-18H,4-5,15H2,1-3H3,(H,31,33)(H,32,34)/b22-16+. The minimum Gasteiger partial charge on any atom is -0.494 e. The number of methoxy groups -OCH3 is 2. The molecule has 0 aliphatic heterocycles. The smallest absolute Gasteiger partial charge is 0.266 e. The van der Waals surface area contributed by atoms with Crippen molar-refractivity contribution < 1.29 is 23.8 Å². The first-order valence-electron chi connectivity index (χ1n) is 11.8. The third kappa shape index (κ3) is 7.36. The zero-order valence-corrected chi connectivity index (χ0v) is 21.0. The van der Waals surface area contributed by atoms with Crippen molar-refractivity contribution in [3.63, 3.8) is 0 Å². The lowest BCUT2D eigenvalue weighted by atomic mass is 10.1. The quantitative estimate of drug-likeness (QED) is 0.200. The number of unbranched alkanes of at least 4 members (excludes halogenated alkanes) is 1. The van der Waals surface area contributed by atoms with Gasteiger partial charge in [-0.15, -0.1) is 0 Å². The van der Waals surface area contributed by atoms with Crippen LogP contribution in [0.1, 0.15) is 35.7 Å². The number of nitrogens with one attached hydrogen (secondary N) is 2. The molecule has 190 valence electrons. The molecule has 8 nitrogen and oxygen atoms in total. The second kappa shape index (κ2) is 13.4. The van der Waals surface area contributed by atoms with Crippen molar-refractivity contribution in [2.75, 3.05) is 31.5 Å². The minimum atomic E-state index is -0.618. The van der Waals surface area contributed by atoms with Crippen LogP contribution in [0.15, 0.2) is 72.3 Å². The second-order valence-corrected chi connectivity index (χ2v) is 7.97. The number of hydrogen-bond acceptors (Lipinski definition) is 6. The summed E-state index contributed by atoms with van der Waals surface area (Å²) in [5.41, 5.74) is 1.71. The molecule has 2 amide bonds. The van der Waals surface area contributed by atoms with Crippen LogP contribution in [-0.2, 0) is 4.79 Å². The molecule has 0 radical (unpaired) electrons. The van der Waals surface area contributed by atoms with Gasteiger partial charge in [0.25, 0.3) is 11.8 Å². The van der Waals surface area contributed by atoms with Gasteiger partial charge in [-0.3, -0.25) is 9.59 Å². The molecule has 0 bridgehead atoms. The van der Waals surface area contributed by atoms with Crippen LogP contribution in [0.5, 0.6) is 17.2 Å². The molecule has 0 heterocycles. The molecule has 3 aromatic carbocycles. The lowest BCUT2D eigenvalue weighted by Gasteiger charge is -2.16. The molecule has 37 heavy (non-hydrogen) atoms. The molecule has 0 atom stereocenters. The highest BCUT2D eigenvalue weighted by molar-refractivity contribution is 6.11. The van der Waals surface area contributed by atoms with E-state index in [1.54, 1.807) is 54.6 Å². The van der Waals surface area contributed by atoms with E-state index in [0.29, 0.717) is 29.2 Å². The van der Waals surface area contributed by atoms with Crippen LogP contribution in [0.2, 0.25) is 0 Å². The Bertz CT molecular complexity index is 1300. The number of ether oxygens (including phenoxy) is 3. The van der Waals surface area contributed by atoms with Gasteiger partial charge >= 0.3 is 0 Å². The summed E-state index contributed by atoms with van der Waals surface area (Å²) >= 11 is 0. The summed E-state index contributed by atoms with van der Waals surface area (Å²) in [5, 5.41) is 15.1. The highest BCUT2D eigenvalue weighted by atomic mass is 16.5. The summed E-state index contributed by atoms with van der Waals surface area (Å²) in [6, 6.07) is 20.9. The first-order valence-corrected chi connectivity index (χ1v) is 11.8. The van der Waals surface area contributed by atoms with Gasteiger partial charge in [-0.05, 0) is 42.3 Å². The number of carbonyl (C=O) groups excluding carboxylic acids is 2. The summed E-state index contributed by atoms with van der Waals surface area (Å²) in [7, 11) is 2.88. The SMILES string of the molecule is CCCCOc1ccc(/C=C(\C#N)C(=O)Nc2cc(OC)c(NC(=O)c3ccccc3)cc2OC)cc1. The fraction of sp³-hybridized carbons (Fsp3) is 0.207. The van der Waals surface area contributed by atoms with E-state index in [4.69, 9.17) is 14.2 Å². The third-order valence-electron chi connectivity index (χ3n) is 5.38. The van der Waals surface area contributed by atoms with Gasteiger partial charge in [0.1, 0.15) is 28.9 Å². The molecule has 0 saturated heterocycles. The first kappa shape index (κ1) is 26.8. The van der Waals surface area contributed by atoms with E-state index in [-0.39, 0.29) is 22.9 Å². The molecule has 3 aromatic rings. The molecule has 0 unspecified atom stereocenters. The molecular weight excluding hydrogens is 470 g/mol. The average Bonchev–Trinajstić information content (AvgIpc) is 2.93. The molecule has 0 aliphatic carbocycles. The Kier molecular flexibility index (Phi) is 9.68. The Morgan fingerprint density at radius 3 is 2.11 bits per heavy atom. The van der Waals surface area contributed by atoms with Gasteiger partial charge in [-0.25, -0.2) is 0 Å². The van der Waals surface area contributed by atoms with E-state index in [9.17, 15) is 14.9 Å². The largest absolute Gasteiger partial charge is 0.494 e. The van der Waals surface area contributed by atoms with Crippen LogP contribution in [0.3, 0.4) is 0 Å². The molecular formula is C29H29N3O5. The first-order chi connectivity index (χ1) is 18.0. The van der Waals surface area contributed by atoms with Crippen LogP contribution in [0, 0.1) is 11.3 Å². The van der Waals surface area contributed by atoms with E-state index in [1.807, 2.05) is 12.1 Å². The van der Waals surface area contributed by atoms with Gasteiger partial charge < -0.3 is 24.8 Å². The Balaban J connectivity index is 1.78. The summed E-state index contributed by atoms with van der Waals surface area (Å²) in [4.78, 5) is 25.5. The zero-order chi connectivity index (χ0) is 26.6. The topological polar surface area (TPSA) is 110 Å². The zero-order valence-electron chi connectivity index (χ0n) is 21.0. The molecule has 8 heteroatoms. The Morgan fingerprint density at radius 2 is 1.54 bits per heavy atom. The average molecular weight is 500 g/mol. The summed E-state index contributed by atoms with van der Waals surface area (Å²) in [6.07, 6.45) is 3.50. The minimum absolute atomic E-state index is 0.0953. The Hall–Kier alpha value is -4.77. The molecule has 0 saturated carbocycles. The number of nitriles is 1. The fourth-order valence-electron chi connectivity index (χ4n) is 3.38. The van der Waals surface area contributed by atoms with Gasteiger partial charge in [0.2, 0.25) is 0 Å². The maximum Gasteiger partial charge on any atom is 0.266 e. The maximum absolute atomic E-state index is 12.9. The Morgan fingerprint density at radius 1 is 0.919 bits per heavy atom. The molecule has 0 aliphatic rings.